The lowest BCUT2D eigenvalue weighted by atomic mass is 10.1. The number of aromatic carboxylic acids is 1. The summed E-state index contributed by atoms with van der Waals surface area (Å²) in [7, 11) is 0. The lowest BCUT2D eigenvalue weighted by Gasteiger charge is -2.17. The summed E-state index contributed by atoms with van der Waals surface area (Å²) >= 11 is 0. The molecule has 1 atom stereocenters. The van der Waals surface area contributed by atoms with Gasteiger partial charge < -0.3 is 25.4 Å². The second-order valence-electron chi connectivity index (χ2n) is 9.04. The van der Waals surface area contributed by atoms with Crippen LogP contribution in [0.2, 0.25) is 0 Å². The number of amides is 1. The number of carbonyl (C=O) groups is 2. The zero-order chi connectivity index (χ0) is 27.0. The molecular formula is C31H26N4O4. The van der Waals surface area contributed by atoms with Gasteiger partial charge in [0, 0.05) is 35.9 Å². The molecule has 1 fully saturated rings. The highest BCUT2D eigenvalue weighted by molar-refractivity contribution is 6.04. The van der Waals surface area contributed by atoms with Gasteiger partial charge in [-0.15, -0.1) is 0 Å². The minimum absolute atomic E-state index is 0.102. The standard InChI is InChI=1S/C31H26N4O4/c36-30(23-6-4-10-26(18-23)33-25-8-2-1-3-9-25)34-27-12-13-29(32-20-27)35-16-14-22(21-35)15-17-39-28-11-5-7-24(19-28)31(37)38/h1-13,18-20,22,33H,14,16,21H2,(H,34,36)(H,37,38). The van der Waals surface area contributed by atoms with Gasteiger partial charge in [0.2, 0.25) is 0 Å². The van der Waals surface area contributed by atoms with E-state index in [2.05, 4.69) is 32.5 Å². The number of pyridine rings is 1. The van der Waals surface area contributed by atoms with Gasteiger partial charge in [0.15, 0.2) is 0 Å². The van der Waals surface area contributed by atoms with Crippen molar-refractivity contribution in [1.82, 2.24) is 4.98 Å². The molecule has 1 unspecified atom stereocenters. The molecule has 0 radical (unpaired) electrons. The molecule has 0 bridgehead atoms. The topological polar surface area (TPSA) is 104 Å². The number of rotatable bonds is 7. The zero-order valence-electron chi connectivity index (χ0n) is 21.0. The monoisotopic (exact) mass is 518 g/mol. The normalized spacial score (nSPS) is 14.2. The second kappa shape index (κ2) is 11.8. The Bertz CT molecular complexity index is 1530. The van der Waals surface area contributed by atoms with Gasteiger partial charge in [-0.05, 0) is 67.1 Å². The Hall–Kier alpha value is -5.29. The highest BCUT2D eigenvalue weighted by atomic mass is 16.5. The van der Waals surface area contributed by atoms with Crippen LogP contribution in [0.25, 0.3) is 0 Å². The summed E-state index contributed by atoms with van der Waals surface area (Å²) in [6.07, 6.45) is 5.21. The van der Waals surface area contributed by atoms with Crippen LogP contribution >= 0.6 is 0 Å². The fourth-order valence-corrected chi connectivity index (χ4v) is 4.23. The molecule has 8 heteroatoms. The Morgan fingerprint density at radius 2 is 1.69 bits per heavy atom. The third-order valence-corrected chi connectivity index (χ3v) is 6.22. The Labute approximate surface area is 226 Å². The first-order valence-electron chi connectivity index (χ1n) is 12.5. The second-order valence-corrected chi connectivity index (χ2v) is 9.04. The smallest absolute Gasteiger partial charge is 0.335 e. The molecule has 39 heavy (non-hydrogen) atoms. The van der Waals surface area contributed by atoms with E-state index in [0.717, 1.165) is 30.2 Å². The van der Waals surface area contributed by atoms with Crippen molar-refractivity contribution in [2.75, 3.05) is 28.6 Å². The Morgan fingerprint density at radius 1 is 0.897 bits per heavy atom. The van der Waals surface area contributed by atoms with Crippen LogP contribution < -0.4 is 20.3 Å². The molecule has 3 N–H and O–H groups in total. The minimum atomic E-state index is -1.01. The molecule has 3 aromatic carbocycles. The number of carbonyl (C=O) groups excluding carboxylic acids is 1. The van der Waals surface area contributed by atoms with Gasteiger partial charge in [-0.1, -0.05) is 36.3 Å². The molecule has 0 aliphatic carbocycles. The van der Waals surface area contributed by atoms with E-state index in [1.165, 1.54) is 12.1 Å². The van der Waals surface area contributed by atoms with Crippen LogP contribution in [0.15, 0.2) is 97.2 Å². The van der Waals surface area contributed by atoms with Crippen molar-refractivity contribution in [2.24, 2.45) is 5.92 Å². The first-order chi connectivity index (χ1) is 19.0. The maximum atomic E-state index is 12.8. The summed E-state index contributed by atoms with van der Waals surface area (Å²) in [5, 5.41) is 15.3. The van der Waals surface area contributed by atoms with Gasteiger partial charge in [0.25, 0.3) is 5.91 Å². The van der Waals surface area contributed by atoms with Gasteiger partial charge in [-0.25, -0.2) is 9.78 Å². The highest BCUT2D eigenvalue weighted by Gasteiger charge is 2.22. The molecule has 1 aromatic heterocycles. The first kappa shape index (κ1) is 25.4. The molecule has 0 saturated carbocycles. The fraction of sp³-hybridized carbons (Fsp3) is 0.129. The number of para-hydroxylation sites is 1. The number of hydrogen-bond donors (Lipinski definition) is 3. The molecular weight excluding hydrogens is 492 g/mol. The van der Waals surface area contributed by atoms with Crippen molar-refractivity contribution in [2.45, 2.75) is 6.42 Å². The van der Waals surface area contributed by atoms with Gasteiger partial charge in [-0.3, -0.25) is 4.79 Å². The molecule has 1 aliphatic rings. The summed E-state index contributed by atoms with van der Waals surface area (Å²) in [5.74, 6) is 3.18. The number of carboxylic acid groups (broad SMARTS) is 1. The van der Waals surface area contributed by atoms with Crippen molar-refractivity contribution in [1.29, 1.82) is 0 Å². The number of nitrogens with zero attached hydrogens (tertiary/aromatic N) is 2. The van der Waals surface area contributed by atoms with E-state index < -0.39 is 5.97 Å². The van der Waals surface area contributed by atoms with E-state index >= 15 is 0 Å². The average molecular weight is 519 g/mol. The highest BCUT2D eigenvalue weighted by Crippen LogP contribution is 2.24. The first-order valence-corrected chi connectivity index (χ1v) is 12.5. The van der Waals surface area contributed by atoms with Crippen LogP contribution in [-0.4, -0.2) is 35.1 Å². The lowest BCUT2D eigenvalue weighted by molar-refractivity contribution is 0.0696. The predicted molar refractivity (Wildman–Crippen MR) is 150 cm³/mol. The quantitative estimate of drug-likeness (QED) is 0.272. The SMILES string of the molecule is O=C(O)c1cccc(OC#CC2CCN(c3ccc(NC(=O)c4cccc(Nc5ccccc5)c4)cn3)C2)c1. The third kappa shape index (κ3) is 6.73. The molecule has 194 valence electrons. The van der Waals surface area contributed by atoms with Crippen LogP contribution in [-0.2, 0) is 0 Å². The molecule has 4 aromatic rings. The Balaban J connectivity index is 1.14. The zero-order valence-corrected chi connectivity index (χ0v) is 21.0. The number of hydrogen-bond acceptors (Lipinski definition) is 6. The molecule has 1 saturated heterocycles. The number of anilines is 4. The summed E-state index contributed by atoms with van der Waals surface area (Å²) in [5.41, 5.74) is 3.08. The maximum absolute atomic E-state index is 12.8. The van der Waals surface area contributed by atoms with E-state index in [0.29, 0.717) is 23.5 Å². The summed E-state index contributed by atoms with van der Waals surface area (Å²) in [6, 6.07) is 27.1. The van der Waals surface area contributed by atoms with Crippen LogP contribution in [0, 0.1) is 17.9 Å². The molecule has 8 nitrogen and oxygen atoms in total. The van der Waals surface area contributed by atoms with Crippen LogP contribution in [0.5, 0.6) is 5.75 Å². The lowest BCUT2D eigenvalue weighted by Crippen LogP contribution is -2.20. The van der Waals surface area contributed by atoms with Gasteiger partial charge in [0.1, 0.15) is 17.7 Å². The summed E-state index contributed by atoms with van der Waals surface area (Å²) < 4.78 is 5.42. The van der Waals surface area contributed by atoms with Crippen molar-refractivity contribution in [3.8, 4) is 17.8 Å². The van der Waals surface area contributed by atoms with E-state index in [4.69, 9.17) is 9.84 Å². The number of nitrogens with one attached hydrogen (secondary N) is 2. The van der Waals surface area contributed by atoms with Crippen LogP contribution in [0.1, 0.15) is 27.1 Å². The van der Waals surface area contributed by atoms with E-state index in [1.807, 2.05) is 60.7 Å². The largest absolute Gasteiger partial charge is 0.478 e. The average Bonchev–Trinajstić information content (AvgIpc) is 3.43. The molecule has 5 rings (SSSR count). The van der Waals surface area contributed by atoms with Gasteiger partial charge >= 0.3 is 5.97 Å². The number of benzene rings is 3. The number of aromatic nitrogens is 1. The molecule has 2 heterocycles. The molecule has 0 spiro atoms. The van der Waals surface area contributed by atoms with Gasteiger partial charge in [-0.2, -0.15) is 0 Å². The van der Waals surface area contributed by atoms with Crippen LogP contribution in [0.3, 0.4) is 0 Å². The van der Waals surface area contributed by atoms with Crippen molar-refractivity contribution >= 4 is 34.8 Å². The molecule has 1 amide bonds. The molecule has 1 aliphatic heterocycles. The Kier molecular flexibility index (Phi) is 7.70. The number of ether oxygens (including phenoxy) is 1. The number of carboxylic acids is 1. The summed E-state index contributed by atoms with van der Waals surface area (Å²) in [4.78, 5) is 30.6. The Morgan fingerprint density at radius 3 is 2.49 bits per heavy atom. The minimum Gasteiger partial charge on any atom is -0.478 e. The van der Waals surface area contributed by atoms with Crippen molar-refractivity contribution in [3.05, 3.63) is 108 Å². The predicted octanol–water partition coefficient (Wildman–Crippen LogP) is 5.64. The van der Waals surface area contributed by atoms with Crippen molar-refractivity contribution in [3.63, 3.8) is 0 Å². The maximum Gasteiger partial charge on any atom is 0.335 e. The van der Waals surface area contributed by atoms with E-state index in [9.17, 15) is 9.59 Å². The van der Waals surface area contributed by atoms with Gasteiger partial charge in [0.05, 0.1) is 17.4 Å². The van der Waals surface area contributed by atoms with Crippen LogP contribution in [0.4, 0.5) is 22.9 Å². The summed E-state index contributed by atoms with van der Waals surface area (Å²) in [6.45, 7) is 1.50. The van der Waals surface area contributed by atoms with E-state index in [1.54, 1.807) is 24.4 Å². The van der Waals surface area contributed by atoms with E-state index in [-0.39, 0.29) is 17.4 Å². The van der Waals surface area contributed by atoms with Crippen molar-refractivity contribution < 1.29 is 19.4 Å². The third-order valence-electron chi connectivity index (χ3n) is 6.22. The fourth-order valence-electron chi connectivity index (χ4n) is 4.23.